The molecule has 5 nitrogen and oxygen atoms in total. The Bertz CT molecular complexity index is 989. The molecular formula is C24H23ClN2O3. The highest BCUT2D eigenvalue weighted by molar-refractivity contribution is 6.30. The van der Waals surface area contributed by atoms with E-state index in [-0.39, 0.29) is 12.3 Å². The minimum atomic E-state index is -0.176. The minimum Gasteiger partial charge on any atom is -0.490 e. The monoisotopic (exact) mass is 422 g/mol. The van der Waals surface area contributed by atoms with Crippen molar-refractivity contribution in [2.75, 3.05) is 6.61 Å². The largest absolute Gasteiger partial charge is 0.490 e. The van der Waals surface area contributed by atoms with Crippen molar-refractivity contribution < 1.29 is 14.3 Å². The molecule has 0 unspecified atom stereocenters. The zero-order valence-corrected chi connectivity index (χ0v) is 17.4. The fraction of sp³-hybridized carbons (Fsp3) is 0.167. The van der Waals surface area contributed by atoms with E-state index in [1.165, 1.54) is 0 Å². The van der Waals surface area contributed by atoms with Crippen LogP contribution in [0.2, 0.25) is 5.02 Å². The summed E-state index contributed by atoms with van der Waals surface area (Å²) < 4.78 is 11.6. The number of benzene rings is 3. The number of hydrogen-bond acceptors (Lipinski definition) is 4. The van der Waals surface area contributed by atoms with Crippen LogP contribution < -0.4 is 14.9 Å². The molecule has 1 N–H and O–H groups in total. The van der Waals surface area contributed by atoms with Crippen LogP contribution in [0.15, 0.2) is 77.9 Å². The molecule has 154 valence electrons. The summed E-state index contributed by atoms with van der Waals surface area (Å²) in [6.07, 6.45) is 1.86. The first-order valence-electron chi connectivity index (χ1n) is 9.64. The van der Waals surface area contributed by atoms with Crippen LogP contribution >= 0.6 is 11.6 Å². The van der Waals surface area contributed by atoms with Crippen molar-refractivity contribution in [2.45, 2.75) is 20.0 Å². The van der Waals surface area contributed by atoms with Gasteiger partial charge in [-0.15, -0.1) is 0 Å². The number of carbonyl (C=O) groups excluding carboxylic acids is 1. The maximum atomic E-state index is 12.0. The maximum absolute atomic E-state index is 12.0. The van der Waals surface area contributed by atoms with Crippen LogP contribution in [0.5, 0.6) is 11.5 Å². The van der Waals surface area contributed by atoms with E-state index in [2.05, 4.69) is 10.5 Å². The molecule has 6 heteroatoms. The van der Waals surface area contributed by atoms with E-state index in [1.807, 2.05) is 79.7 Å². The van der Waals surface area contributed by atoms with E-state index in [0.717, 1.165) is 16.7 Å². The van der Waals surface area contributed by atoms with Crippen molar-refractivity contribution in [1.29, 1.82) is 0 Å². The van der Waals surface area contributed by atoms with E-state index in [0.29, 0.717) is 29.7 Å². The standard InChI is InChI=1S/C24H23ClN2O3/c1-2-29-23-14-20(16-26-27-24(28)15-18-6-4-3-5-7-18)10-13-22(23)30-17-19-8-11-21(25)12-9-19/h3-14,16H,2,15,17H2,1H3,(H,27,28)/b26-16-. The predicted octanol–water partition coefficient (Wildman–Crippen LogP) is 5.01. The number of hydrazone groups is 1. The average Bonchev–Trinajstić information content (AvgIpc) is 2.75. The van der Waals surface area contributed by atoms with Gasteiger partial charge in [0.15, 0.2) is 11.5 Å². The zero-order chi connectivity index (χ0) is 21.2. The molecule has 0 saturated carbocycles. The number of amides is 1. The Kier molecular flexibility index (Phi) is 7.86. The lowest BCUT2D eigenvalue weighted by molar-refractivity contribution is -0.120. The fourth-order valence-electron chi connectivity index (χ4n) is 2.73. The normalized spacial score (nSPS) is 10.7. The molecule has 3 aromatic rings. The van der Waals surface area contributed by atoms with Gasteiger partial charge < -0.3 is 9.47 Å². The molecule has 1 amide bonds. The second-order valence-electron chi connectivity index (χ2n) is 6.51. The van der Waals surface area contributed by atoms with E-state index in [4.69, 9.17) is 21.1 Å². The maximum Gasteiger partial charge on any atom is 0.244 e. The van der Waals surface area contributed by atoms with Crippen LogP contribution in [0.4, 0.5) is 0 Å². The SMILES string of the molecule is CCOc1cc(/C=N\NC(=O)Cc2ccccc2)ccc1OCc1ccc(Cl)cc1. The molecule has 0 heterocycles. The third-order valence-corrected chi connectivity index (χ3v) is 4.44. The summed E-state index contributed by atoms with van der Waals surface area (Å²) in [6.45, 7) is 2.82. The summed E-state index contributed by atoms with van der Waals surface area (Å²) in [5.74, 6) is 1.08. The van der Waals surface area contributed by atoms with Gasteiger partial charge in [0.25, 0.3) is 0 Å². The molecule has 0 aliphatic heterocycles. The van der Waals surface area contributed by atoms with Gasteiger partial charge in [-0.25, -0.2) is 5.43 Å². The highest BCUT2D eigenvalue weighted by Crippen LogP contribution is 2.29. The molecular weight excluding hydrogens is 400 g/mol. The van der Waals surface area contributed by atoms with Gasteiger partial charge in [-0.2, -0.15) is 5.10 Å². The van der Waals surface area contributed by atoms with Gasteiger partial charge >= 0.3 is 0 Å². The molecule has 0 atom stereocenters. The van der Waals surface area contributed by atoms with Crippen LogP contribution in [0.1, 0.15) is 23.6 Å². The number of rotatable bonds is 9. The van der Waals surface area contributed by atoms with Crippen molar-refractivity contribution in [2.24, 2.45) is 5.10 Å². The molecule has 30 heavy (non-hydrogen) atoms. The molecule has 0 fully saturated rings. The molecule has 3 aromatic carbocycles. The highest BCUT2D eigenvalue weighted by atomic mass is 35.5. The van der Waals surface area contributed by atoms with Gasteiger partial charge in [-0.05, 0) is 53.9 Å². The second-order valence-corrected chi connectivity index (χ2v) is 6.95. The Morgan fingerprint density at radius 3 is 2.47 bits per heavy atom. The molecule has 0 saturated heterocycles. The highest BCUT2D eigenvalue weighted by Gasteiger charge is 2.07. The first-order chi connectivity index (χ1) is 14.6. The van der Waals surface area contributed by atoms with Crippen molar-refractivity contribution in [3.8, 4) is 11.5 Å². The van der Waals surface area contributed by atoms with Gasteiger partial charge in [-0.1, -0.05) is 54.1 Å². The Morgan fingerprint density at radius 2 is 1.73 bits per heavy atom. The van der Waals surface area contributed by atoms with Gasteiger partial charge in [0, 0.05) is 5.02 Å². The number of nitrogens with zero attached hydrogens (tertiary/aromatic N) is 1. The van der Waals surface area contributed by atoms with Crippen molar-refractivity contribution in [1.82, 2.24) is 5.43 Å². The third kappa shape index (κ3) is 6.64. The van der Waals surface area contributed by atoms with Crippen molar-refractivity contribution in [3.63, 3.8) is 0 Å². The number of nitrogens with one attached hydrogen (secondary N) is 1. The molecule has 0 bridgehead atoms. The van der Waals surface area contributed by atoms with Gasteiger partial charge in [-0.3, -0.25) is 4.79 Å². The Balaban J connectivity index is 1.60. The summed E-state index contributed by atoms with van der Waals surface area (Å²) in [5.41, 5.74) is 5.28. The predicted molar refractivity (Wildman–Crippen MR) is 119 cm³/mol. The van der Waals surface area contributed by atoms with E-state index in [1.54, 1.807) is 6.21 Å². The Hall–Kier alpha value is -3.31. The number of ether oxygens (including phenoxy) is 2. The third-order valence-electron chi connectivity index (χ3n) is 4.19. The summed E-state index contributed by atoms with van der Waals surface area (Å²) in [4.78, 5) is 12.0. The molecule has 0 spiro atoms. The smallest absolute Gasteiger partial charge is 0.244 e. The number of halogens is 1. The van der Waals surface area contributed by atoms with Crippen LogP contribution in [0.25, 0.3) is 0 Å². The van der Waals surface area contributed by atoms with Crippen LogP contribution in [0, 0.1) is 0 Å². The van der Waals surface area contributed by atoms with Gasteiger partial charge in [0.2, 0.25) is 5.91 Å². The summed E-state index contributed by atoms with van der Waals surface area (Å²) in [5, 5.41) is 4.73. The first-order valence-corrected chi connectivity index (χ1v) is 10.0. The number of carbonyl (C=O) groups is 1. The molecule has 0 aliphatic carbocycles. The first kappa shape index (κ1) is 21.4. The summed E-state index contributed by atoms with van der Waals surface area (Å²) in [6, 6.07) is 22.5. The molecule has 0 aliphatic rings. The minimum absolute atomic E-state index is 0.176. The van der Waals surface area contributed by atoms with E-state index >= 15 is 0 Å². The van der Waals surface area contributed by atoms with Crippen LogP contribution in [0.3, 0.4) is 0 Å². The molecule has 3 rings (SSSR count). The fourth-order valence-corrected chi connectivity index (χ4v) is 2.86. The lowest BCUT2D eigenvalue weighted by Gasteiger charge is -2.12. The second kappa shape index (κ2) is 11.0. The van der Waals surface area contributed by atoms with Crippen LogP contribution in [-0.2, 0) is 17.8 Å². The van der Waals surface area contributed by atoms with Crippen LogP contribution in [-0.4, -0.2) is 18.7 Å². The van der Waals surface area contributed by atoms with Gasteiger partial charge in [0.1, 0.15) is 6.61 Å². The molecule has 0 radical (unpaired) electrons. The van der Waals surface area contributed by atoms with E-state index in [9.17, 15) is 4.79 Å². The van der Waals surface area contributed by atoms with Gasteiger partial charge in [0.05, 0.1) is 19.2 Å². The lowest BCUT2D eigenvalue weighted by atomic mass is 10.1. The summed E-state index contributed by atoms with van der Waals surface area (Å²) >= 11 is 5.91. The van der Waals surface area contributed by atoms with Crippen molar-refractivity contribution >= 4 is 23.7 Å². The Labute approximate surface area is 181 Å². The van der Waals surface area contributed by atoms with E-state index < -0.39 is 0 Å². The quantitative estimate of drug-likeness (QED) is 0.389. The lowest BCUT2D eigenvalue weighted by Crippen LogP contribution is -2.19. The Morgan fingerprint density at radius 1 is 0.967 bits per heavy atom. The average molecular weight is 423 g/mol. The zero-order valence-electron chi connectivity index (χ0n) is 16.7. The topological polar surface area (TPSA) is 59.9 Å². The summed E-state index contributed by atoms with van der Waals surface area (Å²) in [7, 11) is 0. The van der Waals surface area contributed by atoms with Crippen molar-refractivity contribution in [3.05, 3.63) is 94.5 Å². The molecule has 0 aromatic heterocycles. The number of hydrogen-bond donors (Lipinski definition) is 1.